The predicted octanol–water partition coefficient (Wildman–Crippen LogP) is 5.04. The molecule has 2 heterocycles. The molecule has 0 aliphatic carbocycles. The van der Waals surface area contributed by atoms with E-state index in [4.69, 9.17) is 21.3 Å². The minimum atomic E-state index is -0.125. The average molecular weight is 492 g/mol. The average Bonchev–Trinajstić information content (AvgIpc) is 2.88. The monoisotopic (exact) mass is 491 g/mol. The normalized spacial score (nSPS) is 14.0. The number of rotatable bonds is 7. The molecule has 1 N–H and O–H groups in total. The minimum absolute atomic E-state index is 0.0162. The topological polar surface area (TPSA) is 71.5 Å². The molecule has 2 amide bonds. The van der Waals surface area contributed by atoms with Crippen LogP contribution in [0.2, 0.25) is 5.02 Å². The van der Waals surface area contributed by atoms with Crippen molar-refractivity contribution in [3.63, 3.8) is 0 Å². The highest BCUT2D eigenvalue weighted by molar-refractivity contribution is 6.30. The molecule has 1 fully saturated rings. The molecule has 0 radical (unpaired) electrons. The van der Waals surface area contributed by atoms with Gasteiger partial charge in [-0.3, -0.25) is 14.6 Å². The van der Waals surface area contributed by atoms with Crippen molar-refractivity contribution in [2.24, 2.45) is 0 Å². The Bertz CT molecular complexity index is 1210. The third kappa shape index (κ3) is 6.01. The van der Waals surface area contributed by atoms with Crippen LogP contribution in [0.5, 0.6) is 5.75 Å². The van der Waals surface area contributed by atoms with E-state index >= 15 is 0 Å². The summed E-state index contributed by atoms with van der Waals surface area (Å²) < 4.78 is 5.40. The van der Waals surface area contributed by atoms with Crippen molar-refractivity contribution < 1.29 is 14.3 Å². The van der Waals surface area contributed by atoms with Crippen molar-refractivity contribution >= 4 is 23.4 Å². The second-order valence-corrected chi connectivity index (χ2v) is 9.22. The number of carbonyl (C=O) groups excluding carboxylic acids is 2. The number of hydrogen-bond donors (Lipinski definition) is 1. The number of ether oxygens (including phenoxy) is 1. The fraction of sp³-hybridized carbons (Fsp3) is 0.321. The molecule has 1 aliphatic rings. The fourth-order valence-electron chi connectivity index (χ4n) is 4.56. The number of methoxy groups -OCH3 is 1. The molecular weight excluding hydrogens is 462 g/mol. The Kier molecular flexibility index (Phi) is 8.03. The molecule has 35 heavy (non-hydrogen) atoms. The van der Waals surface area contributed by atoms with E-state index in [1.807, 2.05) is 48.2 Å². The second kappa shape index (κ2) is 11.4. The van der Waals surface area contributed by atoms with Gasteiger partial charge < -0.3 is 15.0 Å². The van der Waals surface area contributed by atoms with Crippen molar-refractivity contribution in [2.75, 3.05) is 26.7 Å². The molecule has 1 aromatic heterocycles. The first-order chi connectivity index (χ1) is 17.0. The van der Waals surface area contributed by atoms with Crippen molar-refractivity contribution in [2.45, 2.75) is 32.1 Å². The minimum Gasteiger partial charge on any atom is -0.496 e. The highest BCUT2D eigenvalue weighted by atomic mass is 35.5. The molecule has 2 aromatic carbocycles. The lowest BCUT2D eigenvalue weighted by Gasteiger charge is -2.32. The zero-order valence-electron chi connectivity index (χ0n) is 20.1. The summed E-state index contributed by atoms with van der Waals surface area (Å²) in [5.74, 6) is 0.795. The summed E-state index contributed by atoms with van der Waals surface area (Å²) in [7, 11) is 1.65. The van der Waals surface area contributed by atoms with Gasteiger partial charge in [-0.15, -0.1) is 0 Å². The number of aryl methyl sites for hydroxylation is 1. The molecule has 4 rings (SSSR count). The summed E-state index contributed by atoms with van der Waals surface area (Å²) >= 11 is 6.06. The number of likely N-dealkylation sites (tertiary alicyclic amines) is 1. The maximum Gasteiger partial charge on any atom is 0.253 e. The number of amides is 2. The summed E-state index contributed by atoms with van der Waals surface area (Å²) in [5.41, 5.74) is 3.95. The molecule has 0 bridgehead atoms. The molecule has 1 saturated heterocycles. The number of halogens is 1. The molecule has 1 aliphatic heterocycles. The molecule has 182 valence electrons. The standard InChI is InChI=1S/C28H30ClN3O3/c1-19-10-11-24(27(33)30-15-12-20-6-3-4-9-25(20)35-2)26(31-19)21-13-16-32(17-14-21)28(34)22-7-5-8-23(29)18-22/h3-11,18,21H,12-17H2,1-2H3,(H,30,33). The first-order valence-electron chi connectivity index (χ1n) is 11.9. The summed E-state index contributed by atoms with van der Waals surface area (Å²) in [6, 6.07) is 18.6. The van der Waals surface area contributed by atoms with Gasteiger partial charge in [-0.1, -0.05) is 35.9 Å². The number of piperidine rings is 1. The van der Waals surface area contributed by atoms with Crippen molar-refractivity contribution in [3.05, 3.63) is 93.8 Å². The van der Waals surface area contributed by atoms with E-state index in [0.29, 0.717) is 42.2 Å². The van der Waals surface area contributed by atoms with Crippen molar-refractivity contribution in [1.82, 2.24) is 15.2 Å². The van der Waals surface area contributed by atoms with Crippen LogP contribution in [0, 0.1) is 6.92 Å². The van der Waals surface area contributed by atoms with Crippen LogP contribution in [0.15, 0.2) is 60.7 Å². The van der Waals surface area contributed by atoms with Crippen LogP contribution in [-0.4, -0.2) is 48.4 Å². The Morgan fingerprint density at radius 1 is 1.09 bits per heavy atom. The summed E-state index contributed by atoms with van der Waals surface area (Å²) in [6.45, 7) is 3.66. The number of nitrogens with one attached hydrogen (secondary N) is 1. The lowest BCUT2D eigenvalue weighted by atomic mass is 9.89. The third-order valence-electron chi connectivity index (χ3n) is 6.42. The zero-order valence-corrected chi connectivity index (χ0v) is 20.8. The maximum absolute atomic E-state index is 13.1. The molecule has 6 nitrogen and oxygen atoms in total. The number of hydrogen-bond acceptors (Lipinski definition) is 4. The van der Waals surface area contributed by atoms with E-state index in [1.54, 1.807) is 31.4 Å². The lowest BCUT2D eigenvalue weighted by Crippen LogP contribution is -2.38. The Morgan fingerprint density at radius 3 is 2.60 bits per heavy atom. The Labute approximate surface area is 211 Å². The van der Waals surface area contributed by atoms with Gasteiger partial charge in [0.1, 0.15) is 5.75 Å². The van der Waals surface area contributed by atoms with Crippen LogP contribution in [0.1, 0.15) is 56.4 Å². The second-order valence-electron chi connectivity index (χ2n) is 8.78. The van der Waals surface area contributed by atoms with Gasteiger partial charge in [0.25, 0.3) is 11.8 Å². The number of benzene rings is 2. The smallest absolute Gasteiger partial charge is 0.253 e. The van der Waals surface area contributed by atoms with Gasteiger partial charge in [0.05, 0.1) is 18.4 Å². The van der Waals surface area contributed by atoms with Crippen molar-refractivity contribution in [1.29, 1.82) is 0 Å². The third-order valence-corrected chi connectivity index (χ3v) is 6.66. The number of pyridine rings is 1. The van der Waals surface area contributed by atoms with Gasteiger partial charge in [-0.05, 0) is 68.1 Å². The van der Waals surface area contributed by atoms with Crippen molar-refractivity contribution in [3.8, 4) is 5.75 Å². The fourth-order valence-corrected chi connectivity index (χ4v) is 4.75. The summed E-state index contributed by atoms with van der Waals surface area (Å²) in [5, 5.41) is 3.59. The van der Waals surface area contributed by atoms with E-state index in [1.165, 1.54) is 0 Å². The van der Waals surface area contributed by atoms with Crippen LogP contribution in [0.3, 0.4) is 0 Å². The van der Waals surface area contributed by atoms with Crippen LogP contribution in [-0.2, 0) is 6.42 Å². The molecule has 0 atom stereocenters. The van der Waals surface area contributed by atoms with E-state index in [9.17, 15) is 9.59 Å². The summed E-state index contributed by atoms with van der Waals surface area (Å²) in [6.07, 6.45) is 2.18. The van der Waals surface area contributed by atoms with E-state index in [-0.39, 0.29) is 17.7 Å². The molecule has 0 unspecified atom stereocenters. The number of nitrogens with zero attached hydrogens (tertiary/aromatic N) is 2. The largest absolute Gasteiger partial charge is 0.496 e. The van der Waals surface area contributed by atoms with Gasteiger partial charge in [-0.25, -0.2) is 0 Å². The first-order valence-corrected chi connectivity index (χ1v) is 12.3. The SMILES string of the molecule is COc1ccccc1CCNC(=O)c1ccc(C)nc1C1CCN(C(=O)c2cccc(Cl)c2)CC1. The van der Waals surface area contributed by atoms with E-state index < -0.39 is 0 Å². The highest BCUT2D eigenvalue weighted by Gasteiger charge is 2.28. The van der Waals surface area contributed by atoms with E-state index in [2.05, 4.69) is 5.32 Å². The first kappa shape index (κ1) is 24.7. The zero-order chi connectivity index (χ0) is 24.8. The van der Waals surface area contributed by atoms with Gasteiger partial charge in [0.2, 0.25) is 0 Å². The van der Waals surface area contributed by atoms with Crippen LogP contribution in [0.25, 0.3) is 0 Å². The van der Waals surface area contributed by atoms with Crippen LogP contribution >= 0.6 is 11.6 Å². The van der Waals surface area contributed by atoms with Gasteiger partial charge >= 0.3 is 0 Å². The summed E-state index contributed by atoms with van der Waals surface area (Å²) in [4.78, 5) is 32.6. The number of carbonyl (C=O) groups is 2. The molecule has 7 heteroatoms. The quantitative estimate of drug-likeness (QED) is 0.502. The molecule has 0 saturated carbocycles. The number of para-hydroxylation sites is 1. The molecular formula is C28H30ClN3O3. The molecule has 0 spiro atoms. The Balaban J connectivity index is 1.40. The predicted molar refractivity (Wildman–Crippen MR) is 137 cm³/mol. The van der Waals surface area contributed by atoms with E-state index in [0.717, 1.165) is 35.5 Å². The van der Waals surface area contributed by atoms with Gasteiger partial charge in [0.15, 0.2) is 0 Å². The maximum atomic E-state index is 13.1. The Morgan fingerprint density at radius 2 is 1.86 bits per heavy atom. The lowest BCUT2D eigenvalue weighted by molar-refractivity contribution is 0.0710. The number of aromatic nitrogens is 1. The Hall–Kier alpha value is -3.38. The molecule has 3 aromatic rings. The van der Waals surface area contributed by atoms with Gasteiger partial charge in [-0.2, -0.15) is 0 Å². The highest BCUT2D eigenvalue weighted by Crippen LogP contribution is 2.30. The van der Waals surface area contributed by atoms with Crippen LogP contribution < -0.4 is 10.1 Å². The van der Waals surface area contributed by atoms with Gasteiger partial charge in [0, 0.05) is 41.8 Å². The van der Waals surface area contributed by atoms with Crippen LogP contribution in [0.4, 0.5) is 0 Å².